The minimum Gasteiger partial charge on any atom is -0.497 e. The highest BCUT2D eigenvalue weighted by atomic mass is 16.5. The molecule has 0 fully saturated rings. The highest BCUT2D eigenvalue weighted by molar-refractivity contribution is 5.96. The van der Waals surface area contributed by atoms with Crippen LogP contribution < -0.4 is 15.4 Å². The fourth-order valence-corrected chi connectivity index (χ4v) is 2.05. The Hall–Kier alpha value is -3.35. The average Bonchev–Trinajstić information content (AvgIpc) is 2.65. The smallest absolute Gasteiger partial charge is 0.325 e. The maximum atomic E-state index is 11.9. The first kappa shape index (κ1) is 19.0. The second kappa shape index (κ2) is 9.22. The third-order valence-electron chi connectivity index (χ3n) is 3.42. The molecule has 0 aliphatic heterocycles. The number of amides is 2. The molecule has 0 aliphatic carbocycles. The van der Waals surface area contributed by atoms with Gasteiger partial charge in [-0.25, -0.2) is 0 Å². The molecule has 2 aromatic rings. The summed E-state index contributed by atoms with van der Waals surface area (Å²) in [6.45, 7) is 1.14. The molecule has 0 bridgehead atoms. The van der Waals surface area contributed by atoms with Crippen LogP contribution >= 0.6 is 0 Å². The highest BCUT2D eigenvalue weighted by Gasteiger charge is 2.11. The predicted molar refractivity (Wildman–Crippen MR) is 96.1 cm³/mol. The van der Waals surface area contributed by atoms with Gasteiger partial charge in [0.2, 0.25) is 0 Å². The Balaban J connectivity index is 1.73. The molecule has 2 rings (SSSR count). The number of hydrogen-bond acceptors (Lipinski definition) is 5. The molecule has 7 heteroatoms. The molecule has 0 aliphatic rings. The lowest BCUT2D eigenvalue weighted by molar-refractivity contribution is -0.146. The van der Waals surface area contributed by atoms with E-state index in [1.54, 1.807) is 48.5 Å². The maximum Gasteiger partial charge on any atom is 0.325 e. The van der Waals surface area contributed by atoms with Crippen molar-refractivity contribution in [3.63, 3.8) is 0 Å². The average molecular weight is 356 g/mol. The highest BCUT2D eigenvalue weighted by Crippen LogP contribution is 2.16. The molecule has 0 heterocycles. The van der Waals surface area contributed by atoms with Crippen LogP contribution in [0.15, 0.2) is 48.5 Å². The van der Waals surface area contributed by atoms with Gasteiger partial charge in [-0.3, -0.25) is 14.4 Å². The Morgan fingerprint density at radius 2 is 1.77 bits per heavy atom. The number of methoxy groups -OCH3 is 1. The van der Waals surface area contributed by atoms with Gasteiger partial charge in [0, 0.05) is 17.3 Å². The number of esters is 1. The molecule has 0 saturated carbocycles. The third kappa shape index (κ3) is 5.94. The Morgan fingerprint density at radius 3 is 2.46 bits per heavy atom. The molecular weight excluding hydrogens is 336 g/mol. The van der Waals surface area contributed by atoms with Crippen molar-refractivity contribution < 1.29 is 23.9 Å². The van der Waals surface area contributed by atoms with E-state index in [4.69, 9.17) is 9.47 Å². The van der Waals surface area contributed by atoms with Crippen LogP contribution in [0.2, 0.25) is 0 Å². The molecule has 2 amide bonds. The minimum atomic E-state index is -0.703. The van der Waals surface area contributed by atoms with Gasteiger partial charge in [-0.2, -0.15) is 0 Å². The summed E-state index contributed by atoms with van der Waals surface area (Å²) in [5.74, 6) is -0.982. The zero-order valence-corrected chi connectivity index (χ0v) is 14.6. The summed E-state index contributed by atoms with van der Waals surface area (Å²) >= 11 is 0. The summed E-state index contributed by atoms with van der Waals surface area (Å²) < 4.78 is 9.90. The molecule has 0 spiro atoms. The Labute approximate surface area is 151 Å². The number of hydrogen-bond donors (Lipinski definition) is 2. The zero-order chi connectivity index (χ0) is 18.9. The lowest BCUT2D eigenvalue weighted by Gasteiger charge is -2.08. The topological polar surface area (TPSA) is 93.7 Å². The van der Waals surface area contributed by atoms with Crippen LogP contribution in [0.3, 0.4) is 0 Å². The van der Waals surface area contributed by atoms with Crippen molar-refractivity contribution in [2.24, 2.45) is 0 Å². The number of benzene rings is 2. The summed E-state index contributed by atoms with van der Waals surface area (Å²) in [4.78, 5) is 35.3. The van der Waals surface area contributed by atoms with Gasteiger partial charge in [0.15, 0.2) is 6.61 Å². The van der Waals surface area contributed by atoms with Crippen LogP contribution in [-0.4, -0.2) is 38.0 Å². The van der Waals surface area contributed by atoms with Crippen LogP contribution in [0.5, 0.6) is 5.75 Å². The van der Waals surface area contributed by atoms with Crippen LogP contribution in [0, 0.1) is 6.92 Å². The van der Waals surface area contributed by atoms with E-state index >= 15 is 0 Å². The fourth-order valence-electron chi connectivity index (χ4n) is 2.05. The quantitative estimate of drug-likeness (QED) is 0.739. The van der Waals surface area contributed by atoms with Crippen molar-refractivity contribution in [2.75, 3.05) is 25.6 Å². The van der Waals surface area contributed by atoms with Crippen LogP contribution in [0.25, 0.3) is 0 Å². The molecule has 7 nitrogen and oxygen atoms in total. The number of anilines is 1. The van der Waals surface area contributed by atoms with Crippen molar-refractivity contribution in [1.82, 2.24) is 5.32 Å². The van der Waals surface area contributed by atoms with E-state index in [0.717, 1.165) is 5.56 Å². The first-order valence-corrected chi connectivity index (χ1v) is 7.92. The first-order valence-electron chi connectivity index (χ1n) is 7.92. The van der Waals surface area contributed by atoms with Gasteiger partial charge in [0.25, 0.3) is 11.8 Å². The van der Waals surface area contributed by atoms with Gasteiger partial charge >= 0.3 is 5.97 Å². The number of aryl methyl sites for hydroxylation is 1. The minimum absolute atomic E-state index is 0.320. The van der Waals surface area contributed by atoms with Crippen LogP contribution in [0.1, 0.15) is 15.9 Å². The Bertz CT molecular complexity index is 787. The molecule has 136 valence electrons. The molecule has 2 N–H and O–H groups in total. The second-order valence-corrected chi connectivity index (χ2v) is 5.49. The van der Waals surface area contributed by atoms with Gasteiger partial charge in [0.05, 0.1) is 7.11 Å². The van der Waals surface area contributed by atoms with Crippen molar-refractivity contribution in [1.29, 1.82) is 0 Å². The van der Waals surface area contributed by atoms with Crippen molar-refractivity contribution in [2.45, 2.75) is 6.92 Å². The lowest BCUT2D eigenvalue weighted by atomic mass is 10.1. The second-order valence-electron chi connectivity index (χ2n) is 5.49. The number of nitrogens with one attached hydrogen (secondary N) is 2. The van der Waals surface area contributed by atoms with E-state index in [-0.39, 0.29) is 12.5 Å². The van der Waals surface area contributed by atoms with E-state index in [2.05, 4.69) is 10.6 Å². The van der Waals surface area contributed by atoms with Gasteiger partial charge in [-0.05, 0) is 31.2 Å². The van der Waals surface area contributed by atoms with Crippen LogP contribution in [-0.2, 0) is 14.3 Å². The monoisotopic (exact) mass is 356 g/mol. The Morgan fingerprint density at radius 1 is 1.04 bits per heavy atom. The maximum absolute atomic E-state index is 11.9. The summed E-state index contributed by atoms with van der Waals surface area (Å²) in [5, 5.41) is 5.03. The molecule has 0 saturated heterocycles. The number of carbonyl (C=O) groups is 3. The molecule has 0 unspecified atom stereocenters. The molecule has 0 radical (unpaired) electrons. The predicted octanol–water partition coefficient (Wildman–Crippen LogP) is 1.92. The van der Waals surface area contributed by atoms with Crippen molar-refractivity contribution in [3.05, 3.63) is 59.7 Å². The van der Waals surface area contributed by atoms with E-state index in [1.165, 1.54) is 7.11 Å². The first-order chi connectivity index (χ1) is 12.5. The number of ether oxygens (including phenoxy) is 2. The standard InChI is InChI=1S/C19H20N2O5/c1-13-6-8-14(9-7-13)19(24)20-11-18(23)26-12-17(22)21-15-4-3-5-16(10-15)25-2/h3-10H,11-12H2,1-2H3,(H,20,24)(H,21,22). The number of rotatable bonds is 7. The molecular formula is C19H20N2O5. The van der Waals surface area contributed by atoms with Crippen molar-refractivity contribution in [3.8, 4) is 5.75 Å². The van der Waals surface area contributed by atoms with E-state index < -0.39 is 18.5 Å². The van der Waals surface area contributed by atoms with Gasteiger partial charge < -0.3 is 20.1 Å². The molecule has 26 heavy (non-hydrogen) atoms. The fraction of sp³-hybridized carbons (Fsp3) is 0.211. The zero-order valence-electron chi connectivity index (χ0n) is 14.6. The third-order valence-corrected chi connectivity index (χ3v) is 3.42. The van der Waals surface area contributed by atoms with Gasteiger partial charge in [0.1, 0.15) is 12.3 Å². The van der Waals surface area contributed by atoms with Gasteiger partial charge in [-0.1, -0.05) is 23.8 Å². The SMILES string of the molecule is COc1cccc(NC(=O)COC(=O)CNC(=O)c2ccc(C)cc2)c1. The van der Waals surface area contributed by atoms with Gasteiger partial charge in [-0.15, -0.1) is 0 Å². The van der Waals surface area contributed by atoms with Crippen molar-refractivity contribution >= 4 is 23.5 Å². The largest absolute Gasteiger partial charge is 0.497 e. The summed E-state index contributed by atoms with van der Waals surface area (Å²) in [6.07, 6.45) is 0. The lowest BCUT2D eigenvalue weighted by Crippen LogP contribution is -2.32. The molecule has 2 aromatic carbocycles. The molecule has 0 atom stereocenters. The summed E-state index contributed by atoms with van der Waals surface area (Å²) in [5.41, 5.74) is 2.00. The van der Waals surface area contributed by atoms with E-state index in [1.807, 2.05) is 6.92 Å². The molecule has 0 aromatic heterocycles. The summed E-state index contributed by atoms with van der Waals surface area (Å²) in [7, 11) is 1.52. The normalized spacial score (nSPS) is 9.92. The van der Waals surface area contributed by atoms with Crippen LogP contribution in [0.4, 0.5) is 5.69 Å². The number of carbonyl (C=O) groups excluding carboxylic acids is 3. The van der Waals surface area contributed by atoms with E-state index in [0.29, 0.717) is 17.0 Å². The van der Waals surface area contributed by atoms with E-state index in [9.17, 15) is 14.4 Å². The summed E-state index contributed by atoms with van der Waals surface area (Å²) in [6, 6.07) is 13.7. The Kier molecular flexibility index (Phi) is 6.73.